The molecule has 37 heavy (non-hydrogen) atoms. The standard InChI is InChI=1S/C25H27F2N7O2S/c1-16(2)33-11-9-32(10-12-33)14-17-3-5-18(6-4-17)23-31-34(25(37)36-23)15-20-8-7-19(13-28-20)22-29-30-24(35-22)21(26)27/h3-8,13,16,21H,9-12,14-15H2,1-2H3. The minimum atomic E-state index is -2.82. The van der Waals surface area contributed by atoms with Crippen LogP contribution in [-0.2, 0) is 13.1 Å². The molecule has 5 rings (SSSR count). The smallest absolute Gasteiger partial charge is 0.314 e. The summed E-state index contributed by atoms with van der Waals surface area (Å²) in [5.41, 5.74) is 3.18. The maximum Gasteiger partial charge on any atom is 0.314 e. The van der Waals surface area contributed by atoms with Crippen molar-refractivity contribution in [2.45, 2.75) is 39.4 Å². The summed E-state index contributed by atoms with van der Waals surface area (Å²) >= 11 is 5.35. The Hall–Kier alpha value is -3.35. The molecule has 0 amide bonds. The van der Waals surface area contributed by atoms with Gasteiger partial charge in [0.05, 0.1) is 17.8 Å². The molecule has 3 aromatic heterocycles. The number of rotatable bonds is 8. The summed E-state index contributed by atoms with van der Waals surface area (Å²) in [6, 6.07) is 12.2. The number of nitrogens with zero attached hydrogens (tertiary/aromatic N) is 7. The highest BCUT2D eigenvalue weighted by molar-refractivity contribution is 7.71. The van der Waals surface area contributed by atoms with E-state index in [1.165, 1.54) is 11.8 Å². The Labute approximate surface area is 217 Å². The van der Waals surface area contributed by atoms with Crippen LogP contribution in [-0.4, -0.2) is 67.0 Å². The summed E-state index contributed by atoms with van der Waals surface area (Å²) in [6.45, 7) is 10.0. The van der Waals surface area contributed by atoms with Gasteiger partial charge in [0.1, 0.15) is 0 Å². The molecule has 4 heterocycles. The third kappa shape index (κ3) is 5.97. The van der Waals surface area contributed by atoms with Crippen LogP contribution in [0.5, 0.6) is 0 Å². The predicted molar refractivity (Wildman–Crippen MR) is 134 cm³/mol. The summed E-state index contributed by atoms with van der Waals surface area (Å²) in [5, 5.41) is 11.5. The lowest BCUT2D eigenvalue weighted by molar-refractivity contribution is 0.104. The minimum Gasteiger partial charge on any atom is -0.415 e. The molecule has 0 unspecified atom stereocenters. The van der Waals surface area contributed by atoms with Gasteiger partial charge in [-0.3, -0.25) is 14.8 Å². The van der Waals surface area contributed by atoms with Crippen molar-refractivity contribution in [3.63, 3.8) is 0 Å². The van der Waals surface area contributed by atoms with Crippen LogP contribution in [0.4, 0.5) is 8.78 Å². The molecular weight excluding hydrogens is 500 g/mol. The fourth-order valence-corrected chi connectivity index (χ4v) is 4.39. The molecule has 0 saturated carbocycles. The Kier molecular flexibility index (Phi) is 7.49. The second-order valence-electron chi connectivity index (χ2n) is 9.22. The highest BCUT2D eigenvalue weighted by Crippen LogP contribution is 2.23. The van der Waals surface area contributed by atoms with Gasteiger partial charge >= 0.3 is 6.43 Å². The van der Waals surface area contributed by atoms with Crippen molar-refractivity contribution in [1.82, 2.24) is 34.8 Å². The van der Waals surface area contributed by atoms with E-state index < -0.39 is 12.3 Å². The first-order valence-corrected chi connectivity index (χ1v) is 12.5. The molecule has 0 aliphatic carbocycles. The zero-order chi connectivity index (χ0) is 25.9. The molecular formula is C25H27F2N7O2S. The van der Waals surface area contributed by atoms with Crippen LogP contribution in [0.25, 0.3) is 22.9 Å². The Balaban J connectivity index is 1.21. The van der Waals surface area contributed by atoms with E-state index >= 15 is 0 Å². The van der Waals surface area contributed by atoms with Gasteiger partial charge in [-0.25, -0.2) is 4.68 Å². The van der Waals surface area contributed by atoms with Crippen LogP contribution in [0.2, 0.25) is 0 Å². The summed E-state index contributed by atoms with van der Waals surface area (Å²) in [6.07, 6.45) is -1.34. The van der Waals surface area contributed by atoms with Gasteiger partial charge in [-0.15, -0.1) is 15.3 Å². The third-order valence-corrected chi connectivity index (χ3v) is 6.66. The molecule has 1 fully saturated rings. The first-order chi connectivity index (χ1) is 17.9. The van der Waals surface area contributed by atoms with Crippen LogP contribution in [0.3, 0.4) is 0 Å². The summed E-state index contributed by atoms with van der Waals surface area (Å²) in [7, 11) is 0. The van der Waals surface area contributed by atoms with Crippen molar-refractivity contribution in [3.05, 3.63) is 64.6 Å². The van der Waals surface area contributed by atoms with Crippen molar-refractivity contribution in [1.29, 1.82) is 0 Å². The van der Waals surface area contributed by atoms with Gasteiger partial charge in [0.2, 0.25) is 11.8 Å². The second-order valence-corrected chi connectivity index (χ2v) is 9.57. The fourth-order valence-electron chi connectivity index (χ4n) is 4.21. The van der Waals surface area contributed by atoms with Gasteiger partial charge in [-0.2, -0.15) is 8.78 Å². The molecule has 0 atom stereocenters. The number of hydrogen-bond donors (Lipinski definition) is 0. The van der Waals surface area contributed by atoms with E-state index in [1.54, 1.807) is 16.8 Å². The molecule has 0 N–H and O–H groups in total. The number of pyridine rings is 1. The summed E-state index contributed by atoms with van der Waals surface area (Å²) in [5.74, 6) is -0.307. The Bertz CT molecular complexity index is 1380. The molecule has 1 saturated heterocycles. The number of piperazine rings is 1. The first-order valence-electron chi connectivity index (χ1n) is 12.1. The van der Waals surface area contributed by atoms with Crippen molar-refractivity contribution in [2.75, 3.05) is 26.2 Å². The fraction of sp³-hybridized carbons (Fsp3) is 0.400. The number of aromatic nitrogens is 5. The van der Waals surface area contributed by atoms with E-state index in [1.807, 2.05) is 12.1 Å². The minimum absolute atomic E-state index is 0.0176. The van der Waals surface area contributed by atoms with E-state index in [2.05, 4.69) is 56.1 Å². The third-order valence-electron chi connectivity index (χ3n) is 6.36. The molecule has 1 aliphatic heterocycles. The van der Waals surface area contributed by atoms with E-state index in [0.29, 0.717) is 23.2 Å². The average molecular weight is 528 g/mol. The topological polar surface area (TPSA) is 89.2 Å². The number of hydrogen-bond acceptors (Lipinski definition) is 9. The quantitative estimate of drug-likeness (QED) is 0.299. The van der Waals surface area contributed by atoms with Crippen LogP contribution in [0, 0.1) is 4.84 Å². The van der Waals surface area contributed by atoms with Gasteiger partial charge in [0.15, 0.2) is 0 Å². The van der Waals surface area contributed by atoms with Crippen molar-refractivity contribution in [3.8, 4) is 22.9 Å². The molecule has 1 aliphatic rings. The van der Waals surface area contributed by atoms with E-state index in [9.17, 15) is 8.78 Å². The Morgan fingerprint density at radius 3 is 2.24 bits per heavy atom. The first kappa shape index (κ1) is 25.3. The summed E-state index contributed by atoms with van der Waals surface area (Å²) < 4.78 is 37.6. The van der Waals surface area contributed by atoms with Gasteiger partial charge in [-0.1, -0.05) is 12.1 Å². The average Bonchev–Trinajstić information content (AvgIpc) is 3.53. The molecule has 1 aromatic carbocycles. The van der Waals surface area contributed by atoms with Crippen LogP contribution >= 0.6 is 12.2 Å². The number of halogens is 2. The van der Waals surface area contributed by atoms with E-state index in [-0.39, 0.29) is 17.3 Å². The van der Waals surface area contributed by atoms with E-state index in [4.69, 9.17) is 21.1 Å². The van der Waals surface area contributed by atoms with Crippen molar-refractivity contribution >= 4 is 12.2 Å². The normalized spacial score (nSPS) is 15.2. The molecule has 4 aromatic rings. The highest BCUT2D eigenvalue weighted by atomic mass is 32.1. The largest absolute Gasteiger partial charge is 0.415 e. The molecule has 0 radical (unpaired) electrons. The van der Waals surface area contributed by atoms with Gasteiger partial charge in [0.25, 0.3) is 10.7 Å². The summed E-state index contributed by atoms with van der Waals surface area (Å²) in [4.78, 5) is 9.55. The number of alkyl halides is 2. The number of benzene rings is 1. The van der Waals surface area contributed by atoms with Gasteiger partial charge in [-0.05, 0) is 55.9 Å². The van der Waals surface area contributed by atoms with Crippen LogP contribution in [0.15, 0.2) is 51.4 Å². The van der Waals surface area contributed by atoms with Gasteiger partial charge in [0, 0.05) is 50.5 Å². The molecule has 194 valence electrons. The molecule has 9 nitrogen and oxygen atoms in total. The SMILES string of the molecule is CC(C)N1CCN(Cc2ccc(-c3nn(Cc4ccc(-c5nnc(C(F)F)o5)cn4)c(=S)o3)cc2)CC1. The Morgan fingerprint density at radius 2 is 1.62 bits per heavy atom. The van der Waals surface area contributed by atoms with Crippen molar-refractivity contribution in [2.24, 2.45) is 0 Å². The molecule has 12 heteroatoms. The maximum absolute atomic E-state index is 12.7. The molecule has 0 spiro atoms. The maximum atomic E-state index is 12.7. The lowest BCUT2D eigenvalue weighted by Gasteiger charge is -2.36. The predicted octanol–water partition coefficient (Wildman–Crippen LogP) is 4.83. The Morgan fingerprint density at radius 1 is 0.892 bits per heavy atom. The monoisotopic (exact) mass is 527 g/mol. The van der Waals surface area contributed by atoms with Crippen LogP contribution < -0.4 is 0 Å². The second kappa shape index (κ2) is 11.0. The van der Waals surface area contributed by atoms with E-state index in [0.717, 1.165) is 38.3 Å². The molecule has 0 bridgehead atoms. The lowest BCUT2D eigenvalue weighted by atomic mass is 10.1. The van der Waals surface area contributed by atoms with Crippen LogP contribution in [0.1, 0.15) is 37.4 Å². The zero-order valence-corrected chi connectivity index (χ0v) is 21.4. The zero-order valence-electron chi connectivity index (χ0n) is 20.5. The highest BCUT2D eigenvalue weighted by Gasteiger charge is 2.19. The van der Waals surface area contributed by atoms with Crippen molar-refractivity contribution < 1.29 is 17.6 Å². The van der Waals surface area contributed by atoms with Gasteiger partial charge < -0.3 is 8.83 Å². The lowest BCUT2D eigenvalue weighted by Crippen LogP contribution is -2.48.